The van der Waals surface area contributed by atoms with Gasteiger partial charge >= 0.3 is 0 Å². The molecular weight excluding hydrogens is 240 g/mol. The van der Waals surface area contributed by atoms with Gasteiger partial charge in [-0.2, -0.15) is 0 Å². The number of rotatable bonds is 4. The highest BCUT2D eigenvalue weighted by atomic mass is 16.2. The van der Waals surface area contributed by atoms with E-state index >= 15 is 0 Å². The molecule has 1 N–H and O–H groups in total. The number of nitrogens with zero attached hydrogens (tertiary/aromatic N) is 1. The lowest BCUT2D eigenvalue weighted by Gasteiger charge is -2.25. The number of amides is 2. The lowest BCUT2D eigenvalue weighted by atomic mass is 10.0. The normalized spacial score (nSPS) is 12.1. The third-order valence-electron chi connectivity index (χ3n) is 3.05. The molecule has 0 saturated heterocycles. The molecule has 1 aromatic rings. The minimum Gasteiger partial charge on any atom is -0.347 e. The SMILES string of the molecule is Cc1ccccc1C(=O)NC(C(=O)N(C)C)C(C)C. The predicted octanol–water partition coefficient (Wildman–Crippen LogP) is 1.84. The van der Waals surface area contributed by atoms with Crippen LogP contribution in [-0.4, -0.2) is 36.9 Å². The molecule has 0 spiro atoms. The van der Waals surface area contributed by atoms with Gasteiger partial charge < -0.3 is 10.2 Å². The van der Waals surface area contributed by atoms with E-state index in [1.165, 1.54) is 4.90 Å². The van der Waals surface area contributed by atoms with Gasteiger partial charge in [-0.05, 0) is 24.5 Å². The van der Waals surface area contributed by atoms with E-state index in [0.29, 0.717) is 5.56 Å². The first-order valence-corrected chi connectivity index (χ1v) is 6.42. The molecule has 0 radical (unpaired) electrons. The molecule has 0 heterocycles. The van der Waals surface area contributed by atoms with E-state index in [2.05, 4.69) is 5.32 Å². The molecule has 104 valence electrons. The van der Waals surface area contributed by atoms with Gasteiger partial charge in [-0.3, -0.25) is 9.59 Å². The van der Waals surface area contributed by atoms with E-state index in [-0.39, 0.29) is 17.7 Å². The van der Waals surface area contributed by atoms with Gasteiger partial charge in [0.05, 0.1) is 0 Å². The average Bonchev–Trinajstić information content (AvgIpc) is 2.34. The molecule has 0 aliphatic rings. The van der Waals surface area contributed by atoms with E-state index in [1.807, 2.05) is 39.0 Å². The van der Waals surface area contributed by atoms with Crippen LogP contribution in [-0.2, 0) is 4.79 Å². The number of nitrogens with one attached hydrogen (secondary N) is 1. The predicted molar refractivity (Wildman–Crippen MR) is 76.0 cm³/mol. The van der Waals surface area contributed by atoms with Crippen LogP contribution in [0.5, 0.6) is 0 Å². The topological polar surface area (TPSA) is 49.4 Å². The van der Waals surface area contributed by atoms with Crippen molar-refractivity contribution in [2.45, 2.75) is 26.8 Å². The fraction of sp³-hybridized carbons (Fsp3) is 0.467. The van der Waals surface area contributed by atoms with Gasteiger partial charge in [0.1, 0.15) is 6.04 Å². The number of likely N-dealkylation sites (N-methyl/N-ethyl adjacent to an activating group) is 1. The molecule has 19 heavy (non-hydrogen) atoms. The zero-order valence-corrected chi connectivity index (χ0v) is 12.2. The molecule has 0 aliphatic carbocycles. The summed E-state index contributed by atoms with van der Waals surface area (Å²) < 4.78 is 0. The second kappa shape index (κ2) is 6.36. The van der Waals surface area contributed by atoms with E-state index < -0.39 is 6.04 Å². The molecule has 1 unspecified atom stereocenters. The van der Waals surface area contributed by atoms with Gasteiger partial charge in [0.2, 0.25) is 5.91 Å². The standard InChI is InChI=1S/C15H22N2O2/c1-10(2)13(15(19)17(4)5)16-14(18)12-9-7-6-8-11(12)3/h6-10,13H,1-5H3,(H,16,18). The van der Waals surface area contributed by atoms with Crippen LogP contribution in [0.4, 0.5) is 0 Å². The molecule has 0 fully saturated rings. The number of benzene rings is 1. The smallest absolute Gasteiger partial charge is 0.252 e. The van der Waals surface area contributed by atoms with Crippen molar-refractivity contribution in [1.29, 1.82) is 0 Å². The van der Waals surface area contributed by atoms with Gasteiger partial charge in [0, 0.05) is 19.7 Å². The maximum atomic E-state index is 12.2. The molecule has 0 aliphatic heterocycles. The van der Waals surface area contributed by atoms with Crippen LogP contribution in [0, 0.1) is 12.8 Å². The van der Waals surface area contributed by atoms with Crippen molar-refractivity contribution in [3.63, 3.8) is 0 Å². The van der Waals surface area contributed by atoms with Crippen molar-refractivity contribution < 1.29 is 9.59 Å². The number of hydrogen-bond acceptors (Lipinski definition) is 2. The quantitative estimate of drug-likeness (QED) is 0.900. The van der Waals surface area contributed by atoms with Gasteiger partial charge in [0.25, 0.3) is 5.91 Å². The van der Waals surface area contributed by atoms with Crippen molar-refractivity contribution in [3.8, 4) is 0 Å². The second-order valence-electron chi connectivity index (χ2n) is 5.24. The van der Waals surface area contributed by atoms with Gasteiger partial charge in [-0.25, -0.2) is 0 Å². The Morgan fingerprint density at radius 2 is 1.74 bits per heavy atom. The Morgan fingerprint density at radius 1 is 1.16 bits per heavy atom. The number of hydrogen-bond donors (Lipinski definition) is 1. The van der Waals surface area contributed by atoms with Crippen molar-refractivity contribution >= 4 is 11.8 Å². The first kappa shape index (κ1) is 15.2. The number of carbonyl (C=O) groups excluding carboxylic acids is 2. The summed E-state index contributed by atoms with van der Waals surface area (Å²) in [6.45, 7) is 5.72. The Kier molecular flexibility index (Phi) is 5.10. The van der Waals surface area contributed by atoms with Crippen LogP contribution in [0.2, 0.25) is 0 Å². The summed E-state index contributed by atoms with van der Waals surface area (Å²) in [5.41, 5.74) is 1.51. The van der Waals surface area contributed by atoms with Crippen LogP contribution in [0.3, 0.4) is 0 Å². The maximum Gasteiger partial charge on any atom is 0.252 e. The van der Waals surface area contributed by atoms with Crippen LogP contribution < -0.4 is 5.32 Å². The van der Waals surface area contributed by atoms with Crippen LogP contribution >= 0.6 is 0 Å². The summed E-state index contributed by atoms with van der Waals surface area (Å²) in [5, 5.41) is 2.82. The van der Waals surface area contributed by atoms with Crippen LogP contribution in [0.25, 0.3) is 0 Å². The highest BCUT2D eigenvalue weighted by Crippen LogP contribution is 2.10. The van der Waals surface area contributed by atoms with Crippen LogP contribution in [0.1, 0.15) is 29.8 Å². The summed E-state index contributed by atoms with van der Waals surface area (Å²) >= 11 is 0. The summed E-state index contributed by atoms with van der Waals surface area (Å²) in [5.74, 6) is -0.244. The fourth-order valence-corrected chi connectivity index (χ4v) is 1.84. The first-order chi connectivity index (χ1) is 8.84. The molecule has 0 saturated carbocycles. The largest absolute Gasteiger partial charge is 0.347 e. The van der Waals surface area contributed by atoms with Gasteiger partial charge in [-0.1, -0.05) is 32.0 Å². The van der Waals surface area contributed by atoms with Gasteiger partial charge in [0.15, 0.2) is 0 Å². The van der Waals surface area contributed by atoms with Crippen molar-refractivity contribution in [3.05, 3.63) is 35.4 Å². The first-order valence-electron chi connectivity index (χ1n) is 6.42. The highest BCUT2D eigenvalue weighted by Gasteiger charge is 2.26. The summed E-state index contributed by atoms with van der Waals surface area (Å²) in [7, 11) is 3.38. The molecule has 0 bridgehead atoms. The van der Waals surface area contributed by atoms with E-state index in [0.717, 1.165) is 5.56 Å². The molecule has 4 heteroatoms. The summed E-state index contributed by atoms with van der Waals surface area (Å²) in [4.78, 5) is 25.8. The minimum atomic E-state index is -0.498. The highest BCUT2D eigenvalue weighted by molar-refractivity contribution is 5.98. The average molecular weight is 262 g/mol. The number of aryl methyl sites for hydroxylation is 1. The zero-order valence-electron chi connectivity index (χ0n) is 12.2. The van der Waals surface area contributed by atoms with Crippen LogP contribution in [0.15, 0.2) is 24.3 Å². The Morgan fingerprint density at radius 3 is 2.21 bits per heavy atom. The maximum absolute atomic E-state index is 12.2. The Bertz CT molecular complexity index is 467. The van der Waals surface area contributed by atoms with E-state index in [1.54, 1.807) is 20.2 Å². The van der Waals surface area contributed by atoms with Gasteiger partial charge in [-0.15, -0.1) is 0 Å². The van der Waals surface area contributed by atoms with Crippen molar-refractivity contribution in [2.75, 3.05) is 14.1 Å². The summed E-state index contributed by atoms with van der Waals surface area (Å²) in [6, 6.07) is 6.86. The zero-order chi connectivity index (χ0) is 14.6. The Balaban J connectivity index is 2.89. The second-order valence-corrected chi connectivity index (χ2v) is 5.24. The molecule has 0 aromatic heterocycles. The Labute approximate surface area is 114 Å². The Hall–Kier alpha value is -1.84. The fourth-order valence-electron chi connectivity index (χ4n) is 1.84. The summed E-state index contributed by atoms with van der Waals surface area (Å²) in [6.07, 6.45) is 0. The molecule has 1 aromatic carbocycles. The molecule has 4 nitrogen and oxygen atoms in total. The van der Waals surface area contributed by atoms with Crippen molar-refractivity contribution in [1.82, 2.24) is 10.2 Å². The monoisotopic (exact) mass is 262 g/mol. The third kappa shape index (κ3) is 3.81. The molecule has 2 amide bonds. The third-order valence-corrected chi connectivity index (χ3v) is 3.05. The lowest BCUT2D eigenvalue weighted by Crippen LogP contribution is -2.49. The van der Waals surface area contributed by atoms with Crippen molar-refractivity contribution in [2.24, 2.45) is 5.92 Å². The number of carbonyl (C=O) groups is 2. The minimum absolute atomic E-state index is 0.0443. The van der Waals surface area contributed by atoms with E-state index in [4.69, 9.17) is 0 Å². The lowest BCUT2D eigenvalue weighted by molar-refractivity contribution is -0.131. The molecule has 1 atom stereocenters. The molecular formula is C15H22N2O2. The van der Waals surface area contributed by atoms with E-state index in [9.17, 15) is 9.59 Å². The molecule has 1 rings (SSSR count).